The number of anilines is 1. The summed E-state index contributed by atoms with van der Waals surface area (Å²) < 4.78 is 5.59. The summed E-state index contributed by atoms with van der Waals surface area (Å²) in [6.45, 7) is 6.21. The molecule has 0 bridgehead atoms. The third-order valence-electron chi connectivity index (χ3n) is 3.57. The average molecular weight is 262 g/mol. The maximum atomic E-state index is 12.4. The van der Waals surface area contributed by atoms with Gasteiger partial charge in [-0.25, -0.2) is 0 Å². The Hall–Kier alpha value is -1.55. The molecule has 104 valence electrons. The second-order valence-electron chi connectivity index (χ2n) is 5.04. The smallest absolute Gasteiger partial charge is 0.255 e. The number of aryl methyl sites for hydroxylation is 1. The molecule has 0 aliphatic carbocycles. The minimum absolute atomic E-state index is 0.0347. The Morgan fingerprint density at radius 1 is 1.42 bits per heavy atom. The van der Waals surface area contributed by atoms with Gasteiger partial charge in [-0.3, -0.25) is 4.79 Å². The van der Waals surface area contributed by atoms with Gasteiger partial charge in [-0.1, -0.05) is 6.07 Å². The van der Waals surface area contributed by atoms with Gasteiger partial charge in [0.2, 0.25) is 0 Å². The van der Waals surface area contributed by atoms with Gasteiger partial charge < -0.3 is 15.4 Å². The number of benzene rings is 1. The van der Waals surface area contributed by atoms with E-state index in [1.807, 2.05) is 36.9 Å². The molecular formula is C15H22N2O2. The second-order valence-corrected chi connectivity index (χ2v) is 5.04. The van der Waals surface area contributed by atoms with Crippen molar-refractivity contribution in [2.45, 2.75) is 32.8 Å². The van der Waals surface area contributed by atoms with Crippen molar-refractivity contribution in [1.29, 1.82) is 0 Å². The van der Waals surface area contributed by atoms with Crippen LogP contribution in [0, 0.1) is 6.92 Å². The molecular weight excluding hydrogens is 240 g/mol. The third-order valence-corrected chi connectivity index (χ3v) is 3.57. The highest BCUT2D eigenvalue weighted by Gasteiger charge is 2.24. The zero-order chi connectivity index (χ0) is 13.8. The number of nitrogen functional groups attached to an aromatic ring is 1. The summed E-state index contributed by atoms with van der Waals surface area (Å²) >= 11 is 0. The van der Waals surface area contributed by atoms with Crippen LogP contribution >= 0.6 is 0 Å². The first-order chi connectivity index (χ1) is 9.11. The lowest BCUT2D eigenvalue weighted by Gasteiger charge is -2.32. The molecule has 0 spiro atoms. The number of nitrogens with two attached hydrogens (primary N) is 1. The predicted octanol–water partition coefficient (Wildman–Crippen LogP) is 2.22. The lowest BCUT2D eigenvalue weighted by atomic mass is 10.0. The molecule has 0 atom stereocenters. The van der Waals surface area contributed by atoms with Gasteiger partial charge in [-0.2, -0.15) is 0 Å². The van der Waals surface area contributed by atoms with E-state index < -0.39 is 0 Å². The zero-order valence-corrected chi connectivity index (χ0v) is 11.7. The summed E-state index contributed by atoms with van der Waals surface area (Å²) in [5, 5.41) is 0. The van der Waals surface area contributed by atoms with Crippen molar-refractivity contribution in [2.75, 3.05) is 25.4 Å². The summed E-state index contributed by atoms with van der Waals surface area (Å²) in [6.07, 6.45) is 2.11. The largest absolute Gasteiger partial charge is 0.398 e. The molecule has 2 rings (SSSR count). The van der Waals surface area contributed by atoms with E-state index in [0.29, 0.717) is 17.4 Å². The number of ether oxygens (including phenoxy) is 1. The van der Waals surface area contributed by atoms with Crippen LogP contribution in [0.5, 0.6) is 0 Å². The van der Waals surface area contributed by atoms with Gasteiger partial charge in [-0.05, 0) is 44.4 Å². The fraction of sp³-hybridized carbons (Fsp3) is 0.533. The lowest BCUT2D eigenvalue weighted by molar-refractivity contribution is 0.0146. The van der Waals surface area contributed by atoms with Gasteiger partial charge in [0.1, 0.15) is 0 Å². The highest BCUT2D eigenvalue weighted by Crippen LogP contribution is 2.20. The summed E-state index contributed by atoms with van der Waals surface area (Å²) in [7, 11) is 0. The van der Waals surface area contributed by atoms with Crippen molar-refractivity contribution in [3.63, 3.8) is 0 Å². The van der Waals surface area contributed by atoms with E-state index in [1.54, 1.807) is 0 Å². The molecule has 0 saturated carbocycles. The second kappa shape index (κ2) is 6.06. The lowest BCUT2D eigenvalue weighted by Crippen LogP contribution is -2.41. The van der Waals surface area contributed by atoms with E-state index in [1.165, 1.54) is 0 Å². The minimum Gasteiger partial charge on any atom is -0.398 e. The predicted molar refractivity (Wildman–Crippen MR) is 76.1 cm³/mol. The molecule has 1 heterocycles. The van der Waals surface area contributed by atoms with Crippen LogP contribution in [-0.2, 0) is 4.74 Å². The number of hydrogen-bond donors (Lipinski definition) is 1. The molecule has 1 fully saturated rings. The number of carbonyl (C=O) groups excluding carboxylic acids is 1. The van der Waals surface area contributed by atoms with Crippen LogP contribution in [0.15, 0.2) is 18.2 Å². The van der Waals surface area contributed by atoms with Gasteiger partial charge >= 0.3 is 0 Å². The quantitative estimate of drug-likeness (QED) is 0.850. The van der Waals surface area contributed by atoms with Crippen molar-refractivity contribution in [3.8, 4) is 0 Å². The molecule has 0 radical (unpaired) electrons. The molecule has 1 amide bonds. The molecule has 4 nitrogen and oxygen atoms in total. The topological polar surface area (TPSA) is 55.6 Å². The van der Waals surface area contributed by atoms with Crippen molar-refractivity contribution in [2.24, 2.45) is 0 Å². The average Bonchev–Trinajstić information content (AvgIpc) is 2.39. The van der Waals surface area contributed by atoms with Crippen LogP contribution in [0.3, 0.4) is 0 Å². The van der Waals surface area contributed by atoms with Crippen molar-refractivity contribution < 1.29 is 9.53 Å². The molecule has 1 aromatic carbocycles. The van der Waals surface area contributed by atoms with Crippen LogP contribution in [0.1, 0.15) is 35.7 Å². The van der Waals surface area contributed by atoms with Crippen molar-refractivity contribution in [1.82, 2.24) is 4.90 Å². The van der Waals surface area contributed by atoms with Crippen LogP contribution in [0.2, 0.25) is 0 Å². The Kier molecular flexibility index (Phi) is 4.43. The van der Waals surface area contributed by atoms with Gasteiger partial charge in [0, 0.05) is 25.4 Å². The third kappa shape index (κ3) is 3.26. The van der Waals surface area contributed by atoms with Gasteiger partial charge in [-0.15, -0.1) is 0 Å². The van der Waals surface area contributed by atoms with E-state index in [0.717, 1.165) is 38.1 Å². The Bertz CT molecular complexity index is 451. The number of amides is 1. The minimum atomic E-state index is 0.0347. The zero-order valence-electron chi connectivity index (χ0n) is 11.7. The van der Waals surface area contributed by atoms with Crippen LogP contribution < -0.4 is 5.73 Å². The Labute approximate surface area is 114 Å². The Morgan fingerprint density at radius 3 is 2.68 bits per heavy atom. The molecule has 1 aromatic rings. The molecule has 1 aliphatic rings. The number of nitrogens with zero attached hydrogens (tertiary/aromatic N) is 1. The summed E-state index contributed by atoms with van der Waals surface area (Å²) in [4.78, 5) is 14.3. The van der Waals surface area contributed by atoms with Gasteiger partial charge in [0.05, 0.1) is 11.7 Å². The Balaban J connectivity index is 2.01. The summed E-state index contributed by atoms with van der Waals surface area (Å²) in [6, 6.07) is 5.60. The maximum Gasteiger partial charge on any atom is 0.255 e. The SMILES string of the molecule is CCOC1CCN(C(=O)c2ccc(C)cc2N)CC1. The number of hydrogen-bond acceptors (Lipinski definition) is 3. The summed E-state index contributed by atoms with van der Waals surface area (Å²) in [5.74, 6) is 0.0347. The van der Waals surface area contributed by atoms with E-state index in [4.69, 9.17) is 10.5 Å². The van der Waals surface area contributed by atoms with Crippen LogP contribution in [-0.4, -0.2) is 36.6 Å². The monoisotopic (exact) mass is 262 g/mol. The van der Waals surface area contributed by atoms with E-state index in [9.17, 15) is 4.79 Å². The number of likely N-dealkylation sites (tertiary alicyclic amines) is 1. The van der Waals surface area contributed by atoms with Crippen LogP contribution in [0.4, 0.5) is 5.69 Å². The molecule has 1 saturated heterocycles. The van der Waals surface area contributed by atoms with Crippen molar-refractivity contribution >= 4 is 11.6 Å². The number of rotatable bonds is 3. The molecule has 0 aromatic heterocycles. The first-order valence-electron chi connectivity index (χ1n) is 6.88. The van der Waals surface area contributed by atoms with Gasteiger partial charge in [0.15, 0.2) is 0 Å². The molecule has 1 aliphatic heterocycles. The highest BCUT2D eigenvalue weighted by molar-refractivity contribution is 5.99. The standard InChI is InChI=1S/C15H22N2O2/c1-3-19-12-6-8-17(9-7-12)15(18)13-5-4-11(2)10-14(13)16/h4-5,10,12H,3,6-9,16H2,1-2H3. The van der Waals surface area contributed by atoms with E-state index >= 15 is 0 Å². The fourth-order valence-corrected chi connectivity index (χ4v) is 2.51. The highest BCUT2D eigenvalue weighted by atomic mass is 16.5. The number of carbonyl (C=O) groups is 1. The van der Waals surface area contributed by atoms with E-state index in [2.05, 4.69) is 0 Å². The van der Waals surface area contributed by atoms with Crippen molar-refractivity contribution in [3.05, 3.63) is 29.3 Å². The maximum absolute atomic E-state index is 12.4. The molecule has 2 N–H and O–H groups in total. The Morgan fingerprint density at radius 2 is 2.11 bits per heavy atom. The van der Waals surface area contributed by atoms with Gasteiger partial charge in [0.25, 0.3) is 5.91 Å². The number of piperidine rings is 1. The van der Waals surface area contributed by atoms with E-state index in [-0.39, 0.29) is 5.91 Å². The first kappa shape index (κ1) is 13.9. The summed E-state index contributed by atoms with van der Waals surface area (Å²) in [5.41, 5.74) is 8.18. The normalized spacial score (nSPS) is 16.6. The fourth-order valence-electron chi connectivity index (χ4n) is 2.51. The first-order valence-corrected chi connectivity index (χ1v) is 6.88. The molecule has 4 heteroatoms. The molecule has 19 heavy (non-hydrogen) atoms. The van der Waals surface area contributed by atoms with Crippen LogP contribution in [0.25, 0.3) is 0 Å². The molecule has 0 unspecified atom stereocenters.